The highest BCUT2D eigenvalue weighted by Crippen LogP contribution is 2.35. The van der Waals surface area contributed by atoms with E-state index in [1.807, 2.05) is 13.8 Å². The highest BCUT2D eigenvalue weighted by molar-refractivity contribution is 5.98. The van der Waals surface area contributed by atoms with Crippen molar-refractivity contribution in [3.63, 3.8) is 0 Å². The molecule has 0 spiro atoms. The zero-order valence-electron chi connectivity index (χ0n) is 16.4. The summed E-state index contributed by atoms with van der Waals surface area (Å²) in [6, 6.07) is 5.13. The van der Waals surface area contributed by atoms with Crippen molar-refractivity contribution >= 4 is 11.8 Å². The van der Waals surface area contributed by atoms with Crippen molar-refractivity contribution in [2.45, 2.75) is 52.5 Å². The third-order valence-corrected chi connectivity index (χ3v) is 5.77. The second kappa shape index (κ2) is 8.63. The minimum absolute atomic E-state index is 0.0750. The molecule has 2 amide bonds. The minimum Gasteiger partial charge on any atom is -0.454 e. The summed E-state index contributed by atoms with van der Waals surface area (Å²) in [5.74, 6) is 2.23. The Hall–Kier alpha value is -2.24. The van der Waals surface area contributed by atoms with Crippen LogP contribution in [0.1, 0.15) is 56.8 Å². The van der Waals surface area contributed by atoms with Crippen LogP contribution in [0, 0.1) is 17.8 Å². The molecule has 3 atom stereocenters. The van der Waals surface area contributed by atoms with Gasteiger partial charge in [0.2, 0.25) is 12.7 Å². The summed E-state index contributed by atoms with van der Waals surface area (Å²) in [5.41, 5.74) is 0.460. The standard InChI is InChI=1S/C21H30N2O4/c1-13(2)17(11-22-19(24)10-15-7-4-6-14(15)3)23-21(25)16-8-5-9-18-20(16)27-12-26-18/h5,8-9,13-15,17H,4,6-7,10-12H2,1-3H3,(H,22,24)(H,23,25). The maximum absolute atomic E-state index is 12.7. The van der Waals surface area contributed by atoms with Crippen molar-refractivity contribution in [3.05, 3.63) is 23.8 Å². The second-order valence-corrected chi connectivity index (χ2v) is 8.04. The number of fused-ring (bicyclic) bond motifs is 1. The van der Waals surface area contributed by atoms with Crippen molar-refractivity contribution in [2.24, 2.45) is 17.8 Å². The Morgan fingerprint density at radius 2 is 2.04 bits per heavy atom. The number of amides is 2. The van der Waals surface area contributed by atoms with Gasteiger partial charge in [-0.2, -0.15) is 0 Å². The smallest absolute Gasteiger partial charge is 0.255 e. The first-order valence-electron chi connectivity index (χ1n) is 9.92. The number of ether oxygens (including phenoxy) is 2. The largest absolute Gasteiger partial charge is 0.454 e. The van der Waals surface area contributed by atoms with Crippen molar-refractivity contribution in [1.29, 1.82) is 0 Å². The van der Waals surface area contributed by atoms with Gasteiger partial charge in [0, 0.05) is 19.0 Å². The summed E-state index contributed by atoms with van der Waals surface area (Å²) in [6.07, 6.45) is 4.16. The Morgan fingerprint density at radius 1 is 1.22 bits per heavy atom. The number of carbonyl (C=O) groups is 2. The van der Waals surface area contributed by atoms with E-state index in [1.165, 1.54) is 12.8 Å². The third-order valence-electron chi connectivity index (χ3n) is 5.77. The number of nitrogens with one attached hydrogen (secondary N) is 2. The molecule has 0 aromatic heterocycles. The molecule has 6 heteroatoms. The number of para-hydroxylation sites is 1. The van der Waals surface area contributed by atoms with Gasteiger partial charge >= 0.3 is 0 Å². The molecule has 3 rings (SSSR count). The molecular weight excluding hydrogens is 344 g/mol. The van der Waals surface area contributed by atoms with Crippen molar-refractivity contribution in [2.75, 3.05) is 13.3 Å². The molecule has 1 aromatic rings. The number of carbonyl (C=O) groups excluding carboxylic acids is 2. The zero-order chi connectivity index (χ0) is 19.4. The van der Waals surface area contributed by atoms with Crippen LogP contribution in [0.4, 0.5) is 0 Å². The number of hydrogen-bond donors (Lipinski definition) is 2. The molecule has 1 fully saturated rings. The van der Waals surface area contributed by atoms with Crippen LogP contribution in [0.3, 0.4) is 0 Å². The fourth-order valence-corrected chi connectivity index (χ4v) is 3.87. The molecule has 1 saturated carbocycles. The molecule has 0 saturated heterocycles. The lowest BCUT2D eigenvalue weighted by atomic mass is 9.94. The fraction of sp³-hybridized carbons (Fsp3) is 0.619. The quantitative estimate of drug-likeness (QED) is 0.769. The summed E-state index contributed by atoms with van der Waals surface area (Å²) in [4.78, 5) is 25.0. The third kappa shape index (κ3) is 4.73. The summed E-state index contributed by atoms with van der Waals surface area (Å²) >= 11 is 0. The van der Waals surface area contributed by atoms with E-state index in [2.05, 4.69) is 17.6 Å². The predicted molar refractivity (Wildman–Crippen MR) is 103 cm³/mol. The Labute approximate surface area is 161 Å². The van der Waals surface area contributed by atoms with Gasteiger partial charge in [-0.25, -0.2) is 0 Å². The lowest BCUT2D eigenvalue weighted by Crippen LogP contribution is -2.47. The molecule has 2 aliphatic rings. The summed E-state index contributed by atoms with van der Waals surface area (Å²) in [7, 11) is 0. The molecule has 0 radical (unpaired) electrons. The van der Waals surface area contributed by atoms with E-state index in [0.717, 1.165) is 6.42 Å². The van der Waals surface area contributed by atoms with Crippen molar-refractivity contribution in [1.82, 2.24) is 10.6 Å². The Balaban J connectivity index is 1.55. The lowest BCUT2D eigenvalue weighted by Gasteiger charge is -2.24. The zero-order valence-corrected chi connectivity index (χ0v) is 16.4. The van der Waals surface area contributed by atoms with Gasteiger partial charge in [-0.3, -0.25) is 9.59 Å². The Morgan fingerprint density at radius 3 is 2.74 bits per heavy atom. The van der Waals surface area contributed by atoms with Crippen molar-refractivity contribution < 1.29 is 19.1 Å². The highest BCUT2D eigenvalue weighted by atomic mass is 16.7. The maximum Gasteiger partial charge on any atom is 0.255 e. The van der Waals surface area contributed by atoms with Gasteiger partial charge < -0.3 is 20.1 Å². The van der Waals surface area contributed by atoms with Gasteiger partial charge in [0.05, 0.1) is 5.56 Å². The number of hydrogen-bond acceptors (Lipinski definition) is 4. The molecule has 1 aromatic carbocycles. The summed E-state index contributed by atoms with van der Waals surface area (Å²) in [5, 5.41) is 6.04. The first-order chi connectivity index (χ1) is 13.0. The van der Waals surface area contributed by atoms with E-state index < -0.39 is 0 Å². The second-order valence-electron chi connectivity index (χ2n) is 8.04. The van der Waals surface area contributed by atoms with Crippen LogP contribution in [0.2, 0.25) is 0 Å². The Bertz CT molecular complexity index is 689. The highest BCUT2D eigenvalue weighted by Gasteiger charge is 2.27. The van der Waals surface area contributed by atoms with Gasteiger partial charge in [-0.15, -0.1) is 0 Å². The van der Waals surface area contributed by atoms with E-state index in [-0.39, 0.29) is 30.6 Å². The number of benzene rings is 1. The van der Waals surface area contributed by atoms with Crippen LogP contribution in [0.15, 0.2) is 18.2 Å². The first kappa shape index (κ1) is 19.5. The molecule has 1 aliphatic carbocycles. The van der Waals surface area contributed by atoms with Gasteiger partial charge in [0.25, 0.3) is 5.91 Å². The van der Waals surface area contributed by atoms with Crippen LogP contribution in [0.5, 0.6) is 11.5 Å². The van der Waals surface area contributed by atoms with E-state index in [4.69, 9.17) is 9.47 Å². The average molecular weight is 374 g/mol. The number of rotatable bonds is 7. The molecule has 27 heavy (non-hydrogen) atoms. The van der Waals surface area contributed by atoms with Crippen molar-refractivity contribution in [3.8, 4) is 11.5 Å². The molecule has 3 unspecified atom stereocenters. The molecular formula is C21H30N2O4. The molecule has 148 valence electrons. The lowest BCUT2D eigenvalue weighted by molar-refractivity contribution is -0.122. The molecule has 0 bridgehead atoms. The van der Waals surface area contributed by atoms with Crippen LogP contribution >= 0.6 is 0 Å². The van der Waals surface area contributed by atoms with Gasteiger partial charge in [0.1, 0.15) is 0 Å². The van der Waals surface area contributed by atoms with Gasteiger partial charge in [-0.05, 0) is 36.3 Å². The maximum atomic E-state index is 12.7. The monoisotopic (exact) mass is 374 g/mol. The van der Waals surface area contributed by atoms with E-state index in [1.54, 1.807) is 18.2 Å². The first-order valence-corrected chi connectivity index (χ1v) is 9.92. The topological polar surface area (TPSA) is 76.7 Å². The van der Waals surface area contributed by atoms with Crippen LogP contribution in [-0.4, -0.2) is 31.2 Å². The molecule has 6 nitrogen and oxygen atoms in total. The predicted octanol–water partition coefficient (Wildman–Crippen LogP) is 3.11. The summed E-state index contributed by atoms with van der Waals surface area (Å²) in [6.45, 7) is 6.85. The fourth-order valence-electron chi connectivity index (χ4n) is 3.87. The van der Waals surface area contributed by atoms with Crippen LogP contribution in [0.25, 0.3) is 0 Å². The molecule has 1 aliphatic heterocycles. The molecule has 2 N–H and O–H groups in total. The Kier molecular flexibility index (Phi) is 6.24. The van der Waals surface area contributed by atoms with E-state index in [0.29, 0.717) is 41.9 Å². The summed E-state index contributed by atoms with van der Waals surface area (Å²) < 4.78 is 10.8. The van der Waals surface area contributed by atoms with Crippen LogP contribution in [-0.2, 0) is 4.79 Å². The van der Waals surface area contributed by atoms with Gasteiger partial charge in [-0.1, -0.05) is 39.7 Å². The SMILES string of the molecule is CC(C)C(CNC(=O)CC1CCCC1C)NC(=O)c1cccc2c1OCO2. The normalized spacial score (nSPS) is 21.9. The average Bonchev–Trinajstić information content (AvgIpc) is 3.27. The van der Waals surface area contributed by atoms with E-state index >= 15 is 0 Å². The molecule has 1 heterocycles. The van der Waals surface area contributed by atoms with Gasteiger partial charge in [0.15, 0.2) is 11.5 Å². The van der Waals surface area contributed by atoms with Crippen LogP contribution < -0.4 is 20.1 Å². The van der Waals surface area contributed by atoms with E-state index in [9.17, 15) is 9.59 Å². The minimum atomic E-state index is -0.213.